The lowest BCUT2D eigenvalue weighted by molar-refractivity contribution is -0.112. The van der Waals surface area contributed by atoms with Gasteiger partial charge in [-0.25, -0.2) is 4.79 Å². The minimum absolute atomic E-state index is 0.0709. The topological polar surface area (TPSA) is 65.5 Å². The molecule has 1 heterocycles. The zero-order chi connectivity index (χ0) is 24.9. The molecule has 1 saturated carbocycles. The van der Waals surface area contributed by atoms with Gasteiger partial charge in [-0.3, -0.25) is 9.88 Å². The lowest BCUT2D eigenvalue weighted by atomic mass is 9.94. The number of aromatic nitrogens is 1. The van der Waals surface area contributed by atoms with E-state index in [0.717, 1.165) is 61.5 Å². The molecule has 0 spiro atoms. The molecule has 1 aromatic heterocycles. The van der Waals surface area contributed by atoms with Gasteiger partial charge in [0.25, 0.3) is 0 Å². The molecule has 7 heteroatoms. The quantitative estimate of drug-likeness (QED) is 0.490. The van der Waals surface area contributed by atoms with Crippen molar-refractivity contribution in [3.05, 3.63) is 62.9 Å². The van der Waals surface area contributed by atoms with Crippen LogP contribution in [0.4, 0.5) is 4.79 Å². The number of rotatable bonds is 7. The first-order valence-electron chi connectivity index (χ1n) is 12.9. The first kappa shape index (κ1) is 25.8. The van der Waals surface area contributed by atoms with Gasteiger partial charge in [-0.15, -0.1) is 0 Å². The predicted octanol–water partition coefficient (Wildman–Crippen LogP) is 5.20. The number of pyridine rings is 1. The van der Waals surface area contributed by atoms with E-state index in [1.807, 2.05) is 6.20 Å². The Hall–Kier alpha value is -2.25. The number of halogens is 1. The van der Waals surface area contributed by atoms with Crippen LogP contribution in [0.25, 0.3) is 0 Å². The molecule has 35 heavy (non-hydrogen) atoms. The first-order valence-corrected chi connectivity index (χ1v) is 13.7. The molecule has 1 N–H and O–H groups in total. The smallest absolute Gasteiger partial charge is 0.318 e. The summed E-state index contributed by atoms with van der Waals surface area (Å²) >= 11 is 3.59. The largest absolute Gasteiger partial charge is 0.335 e. The van der Waals surface area contributed by atoms with Crippen molar-refractivity contribution in [2.75, 3.05) is 20.1 Å². The number of amides is 2. The van der Waals surface area contributed by atoms with Crippen molar-refractivity contribution < 1.29 is 9.59 Å². The van der Waals surface area contributed by atoms with Gasteiger partial charge in [0.1, 0.15) is 12.3 Å². The van der Waals surface area contributed by atoms with E-state index in [1.54, 1.807) is 11.9 Å². The monoisotopic (exact) mass is 540 g/mol. The summed E-state index contributed by atoms with van der Waals surface area (Å²) in [7, 11) is 1.73. The summed E-state index contributed by atoms with van der Waals surface area (Å²) in [6.45, 7) is 5.42. The van der Waals surface area contributed by atoms with E-state index < -0.39 is 6.04 Å². The molecule has 0 bridgehead atoms. The Morgan fingerprint density at radius 3 is 2.66 bits per heavy atom. The molecular formula is C28H37BrN4O2. The maximum Gasteiger partial charge on any atom is 0.318 e. The van der Waals surface area contributed by atoms with Crippen molar-refractivity contribution in [1.82, 2.24) is 20.1 Å². The summed E-state index contributed by atoms with van der Waals surface area (Å²) in [5.74, 6) is 0. The number of hydrogen-bond acceptors (Lipinski definition) is 4. The van der Waals surface area contributed by atoms with Gasteiger partial charge >= 0.3 is 6.03 Å². The summed E-state index contributed by atoms with van der Waals surface area (Å²) < 4.78 is 0.977. The van der Waals surface area contributed by atoms with Gasteiger partial charge in [0.2, 0.25) is 0 Å². The molecule has 4 rings (SSSR count). The fourth-order valence-electron chi connectivity index (χ4n) is 5.53. The van der Waals surface area contributed by atoms with Crippen LogP contribution < -0.4 is 5.32 Å². The van der Waals surface area contributed by atoms with Gasteiger partial charge in [0.15, 0.2) is 0 Å². The van der Waals surface area contributed by atoms with E-state index in [9.17, 15) is 9.59 Å². The summed E-state index contributed by atoms with van der Waals surface area (Å²) in [6, 6.07) is 8.25. The van der Waals surface area contributed by atoms with Gasteiger partial charge in [0, 0.05) is 30.3 Å². The average molecular weight is 542 g/mol. The maximum atomic E-state index is 13.0. The van der Waals surface area contributed by atoms with Gasteiger partial charge < -0.3 is 15.0 Å². The van der Waals surface area contributed by atoms with Crippen LogP contribution in [0.15, 0.2) is 34.9 Å². The normalized spacial score (nSPS) is 18.8. The zero-order valence-electron chi connectivity index (χ0n) is 21.1. The Morgan fingerprint density at radius 1 is 1.20 bits per heavy atom. The van der Waals surface area contributed by atoms with Crippen LogP contribution in [0.2, 0.25) is 0 Å². The minimum atomic E-state index is -0.547. The number of likely N-dealkylation sites (N-methyl/N-ethyl adjacent to an activating group) is 2. The number of urea groups is 1. The van der Waals surface area contributed by atoms with E-state index in [0.29, 0.717) is 6.54 Å². The molecule has 0 aliphatic heterocycles. The highest BCUT2D eigenvalue weighted by molar-refractivity contribution is 9.10. The van der Waals surface area contributed by atoms with E-state index in [2.05, 4.69) is 64.3 Å². The second kappa shape index (κ2) is 11.7. The standard InChI is InChI=1S/C28H37BrN4O2/c1-4-33(17-24(18-34)32(3)28(35)31-23-8-6-5-7-9-23)27-25-13-10-19(2)14-20(25)11-12-21-15-22(29)16-30-26(21)27/h10,13-16,18,23-24,27H,4-9,11-12,17H2,1-3H3,(H,31,35)/t24-,27?/m1/s1. The van der Waals surface area contributed by atoms with Crippen LogP contribution in [0.5, 0.6) is 0 Å². The van der Waals surface area contributed by atoms with E-state index in [4.69, 9.17) is 4.98 Å². The molecule has 2 aliphatic carbocycles. The number of nitrogens with one attached hydrogen (secondary N) is 1. The maximum absolute atomic E-state index is 13.0. The van der Waals surface area contributed by atoms with Gasteiger partial charge in [0.05, 0.1) is 11.7 Å². The van der Waals surface area contributed by atoms with E-state index in [1.165, 1.54) is 28.7 Å². The van der Waals surface area contributed by atoms with Crippen LogP contribution in [-0.4, -0.2) is 59.3 Å². The molecule has 2 atom stereocenters. The number of nitrogens with zero attached hydrogens (tertiary/aromatic N) is 3. The summed E-state index contributed by atoms with van der Waals surface area (Å²) in [5, 5.41) is 3.15. The van der Waals surface area contributed by atoms with Crippen molar-refractivity contribution in [1.29, 1.82) is 0 Å². The Kier molecular flexibility index (Phi) is 8.60. The van der Waals surface area contributed by atoms with Crippen LogP contribution >= 0.6 is 15.9 Å². The Labute approximate surface area is 217 Å². The lowest BCUT2D eigenvalue weighted by Gasteiger charge is -2.36. The highest BCUT2D eigenvalue weighted by atomic mass is 79.9. The highest BCUT2D eigenvalue weighted by Crippen LogP contribution is 2.37. The molecule has 0 saturated heterocycles. The molecule has 1 aromatic carbocycles. The molecule has 6 nitrogen and oxygen atoms in total. The SMILES string of the molecule is CCN(C[C@H](C=O)N(C)C(=O)NC1CCCCC1)C1c2ccc(C)cc2CCc2cc(Br)cnc21. The van der Waals surface area contributed by atoms with Crippen molar-refractivity contribution in [2.24, 2.45) is 0 Å². The van der Waals surface area contributed by atoms with E-state index in [-0.39, 0.29) is 18.1 Å². The average Bonchev–Trinajstić information content (AvgIpc) is 3.01. The Bertz CT molecular complexity index is 1000. The fourth-order valence-corrected chi connectivity index (χ4v) is 5.91. The molecule has 2 aromatic rings. The lowest BCUT2D eigenvalue weighted by Crippen LogP contribution is -2.52. The highest BCUT2D eigenvalue weighted by Gasteiger charge is 2.33. The van der Waals surface area contributed by atoms with Crippen LogP contribution in [-0.2, 0) is 17.6 Å². The van der Waals surface area contributed by atoms with Crippen LogP contribution in [0.1, 0.15) is 73.0 Å². The molecule has 2 amide bonds. The molecule has 188 valence electrons. The Balaban J connectivity index is 1.61. The molecule has 1 unspecified atom stereocenters. The molecule has 2 aliphatic rings. The van der Waals surface area contributed by atoms with Crippen molar-refractivity contribution in [2.45, 2.75) is 76.9 Å². The van der Waals surface area contributed by atoms with Gasteiger partial charge in [-0.2, -0.15) is 0 Å². The number of hydrogen-bond donors (Lipinski definition) is 1. The second-order valence-corrected chi connectivity index (χ2v) is 10.9. The summed E-state index contributed by atoms with van der Waals surface area (Å²) in [5.41, 5.74) is 6.08. The number of carbonyl (C=O) groups is 2. The third kappa shape index (κ3) is 5.95. The number of carbonyl (C=O) groups excluding carboxylic acids is 2. The summed E-state index contributed by atoms with van der Waals surface area (Å²) in [4.78, 5) is 34.0. The van der Waals surface area contributed by atoms with Crippen LogP contribution in [0, 0.1) is 6.92 Å². The predicted molar refractivity (Wildman–Crippen MR) is 143 cm³/mol. The number of fused-ring (bicyclic) bond motifs is 2. The van der Waals surface area contributed by atoms with E-state index >= 15 is 0 Å². The Morgan fingerprint density at radius 2 is 1.94 bits per heavy atom. The zero-order valence-corrected chi connectivity index (χ0v) is 22.7. The number of aldehydes is 1. The van der Waals surface area contributed by atoms with Gasteiger partial charge in [-0.05, 0) is 77.8 Å². The van der Waals surface area contributed by atoms with Crippen molar-refractivity contribution >= 4 is 28.2 Å². The molecule has 1 fully saturated rings. The third-order valence-corrected chi connectivity index (χ3v) is 8.02. The van der Waals surface area contributed by atoms with Crippen molar-refractivity contribution in [3.63, 3.8) is 0 Å². The van der Waals surface area contributed by atoms with Crippen LogP contribution in [0.3, 0.4) is 0 Å². The second-order valence-electron chi connectivity index (χ2n) is 9.99. The first-order chi connectivity index (χ1) is 16.9. The third-order valence-electron chi connectivity index (χ3n) is 7.58. The molecular weight excluding hydrogens is 504 g/mol. The minimum Gasteiger partial charge on any atom is -0.335 e. The fraction of sp³-hybridized carbons (Fsp3) is 0.536. The summed E-state index contributed by atoms with van der Waals surface area (Å²) in [6.07, 6.45) is 10.2. The van der Waals surface area contributed by atoms with Gasteiger partial charge in [-0.1, -0.05) is 49.9 Å². The molecule has 0 radical (unpaired) electrons. The van der Waals surface area contributed by atoms with Crippen molar-refractivity contribution in [3.8, 4) is 0 Å². The number of benzene rings is 1. The number of aryl methyl sites for hydroxylation is 3.